The summed E-state index contributed by atoms with van der Waals surface area (Å²) in [5.41, 5.74) is 6.37. The lowest BCUT2D eigenvalue weighted by Crippen LogP contribution is -2.50. The Balaban J connectivity index is 2.27. The number of nitrogens with two attached hydrogens (primary N) is 1. The molecule has 0 spiro atoms. The summed E-state index contributed by atoms with van der Waals surface area (Å²) in [7, 11) is -3.46. The van der Waals surface area contributed by atoms with E-state index in [1.54, 1.807) is 12.1 Å². The fourth-order valence-electron chi connectivity index (χ4n) is 2.24. The molecule has 1 aliphatic rings. The Hall–Kier alpha value is -1.11. The van der Waals surface area contributed by atoms with Gasteiger partial charge in [0.2, 0.25) is 10.0 Å². The number of anilines is 1. The van der Waals surface area contributed by atoms with E-state index in [0.717, 1.165) is 18.8 Å². The lowest BCUT2D eigenvalue weighted by molar-refractivity contribution is 0.418. The molecule has 106 valence electrons. The van der Waals surface area contributed by atoms with Crippen LogP contribution in [0.5, 0.6) is 0 Å². The first-order valence-electron chi connectivity index (χ1n) is 6.50. The van der Waals surface area contributed by atoms with Crippen molar-refractivity contribution >= 4 is 15.7 Å². The van der Waals surface area contributed by atoms with Gasteiger partial charge in [-0.15, -0.1) is 0 Å². The molecule has 0 aromatic heterocycles. The fraction of sp³-hybridized carbons (Fsp3) is 0.538. The van der Waals surface area contributed by atoms with Crippen molar-refractivity contribution in [3.8, 4) is 0 Å². The minimum absolute atomic E-state index is 0.119. The number of nitrogens with zero attached hydrogens (tertiary/aromatic N) is 1. The van der Waals surface area contributed by atoms with Gasteiger partial charge >= 0.3 is 0 Å². The lowest BCUT2D eigenvalue weighted by atomic mass is 10.00. The quantitative estimate of drug-likeness (QED) is 0.837. The predicted octanol–water partition coefficient (Wildman–Crippen LogP) is 0.768. The van der Waals surface area contributed by atoms with Crippen molar-refractivity contribution in [3.05, 3.63) is 24.3 Å². The van der Waals surface area contributed by atoms with Gasteiger partial charge in [-0.1, -0.05) is 12.1 Å². The zero-order valence-electron chi connectivity index (χ0n) is 11.3. The van der Waals surface area contributed by atoms with Crippen molar-refractivity contribution in [1.29, 1.82) is 0 Å². The highest BCUT2D eigenvalue weighted by atomic mass is 32.2. The van der Waals surface area contributed by atoms with Crippen LogP contribution in [0.1, 0.15) is 13.8 Å². The summed E-state index contributed by atoms with van der Waals surface area (Å²) in [5, 5.41) is 0. The monoisotopic (exact) mass is 283 g/mol. The molecular formula is C13H21N3O2S. The molecule has 5 nitrogen and oxygen atoms in total. The molecule has 1 aromatic rings. The van der Waals surface area contributed by atoms with E-state index >= 15 is 0 Å². The Morgan fingerprint density at radius 1 is 1.37 bits per heavy atom. The van der Waals surface area contributed by atoms with Gasteiger partial charge < -0.3 is 10.6 Å². The van der Waals surface area contributed by atoms with Crippen molar-refractivity contribution in [2.24, 2.45) is 11.7 Å². The van der Waals surface area contributed by atoms with Crippen molar-refractivity contribution in [2.45, 2.75) is 24.8 Å². The molecule has 3 N–H and O–H groups in total. The normalized spacial score (nSPS) is 16.7. The number of para-hydroxylation sites is 1. The van der Waals surface area contributed by atoms with Gasteiger partial charge in [-0.05, 0) is 32.5 Å². The summed E-state index contributed by atoms with van der Waals surface area (Å²) in [6, 6.07) is 6.99. The third kappa shape index (κ3) is 3.08. The standard InChI is InChI=1S/C13H21N3O2S/c1-10(2)15-19(17,18)13-6-4-3-5-12(13)16-8-11(7-14)9-16/h3-6,10-11,15H,7-9,14H2,1-2H3. The van der Waals surface area contributed by atoms with Crippen LogP contribution in [0.4, 0.5) is 5.69 Å². The third-order valence-corrected chi connectivity index (χ3v) is 4.88. The molecule has 1 saturated heterocycles. The first-order chi connectivity index (χ1) is 8.94. The Morgan fingerprint density at radius 2 is 2.00 bits per heavy atom. The number of nitrogens with one attached hydrogen (secondary N) is 1. The van der Waals surface area contributed by atoms with Gasteiger partial charge in [0, 0.05) is 25.0 Å². The minimum Gasteiger partial charge on any atom is -0.370 e. The second-order valence-corrected chi connectivity index (χ2v) is 6.93. The molecule has 0 unspecified atom stereocenters. The van der Waals surface area contributed by atoms with Crippen molar-refractivity contribution in [1.82, 2.24) is 4.72 Å². The molecular weight excluding hydrogens is 262 g/mol. The van der Waals surface area contributed by atoms with Crippen LogP contribution in [0.25, 0.3) is 0 Å². The zero-order chi connectivity index (χ0) is 14.0. The summed E-state index contributed by atoms with van der Waals surface area (Å²) in [6.07, 6.45) is 0. The van der Waals surface area contributed by atoms with E-state index in [1.165, 1.54) is 0 Å². The van der Waals surface area contributed by atoms with E-state index in [0.29, 0.717) is 17.4 Å². The van der Waals surface area contributed by atoms with E-state index < -0.39 is 10.0 Å². The van der Waals surface area contributed by atoms with Gasteiger partial charge in [0.15, 0.2) is 0 Å². The summed E-state index contributed by atoms with van der Waals surface area (Å²) in [5.74, 6) is 0.466. The van der Waals surface area contributed by atoms with E-state index in [9.17, 15) is 8.42 Å². The highest BCUT2D eigenvalue weighted by Gasteiger charge is 2.30. The van der Waals surface area contributed by atoms with Crippen LogP contribution in [0.2, 0.25) is 0 Å². The topological polar surface area (TPSA) is 75.4 Å². The van der Waals surface area contributed by atoms with Crippen LogP contribution in [-0.2, 0) is 10.0 Å². The van der Waals surface area contributed by atoms with Crippen LogP contribution >= 0.6 is 0 Å². The molecule has 2 rings (SSSR count). The van der Waals surface area contributed by atoms with E-state index in [1.807, 2.05) is 26.0 Å². The molecule has 0 radical (unpaired) electrons. The molecule has 6 heteroatoms. The SMILES string of the molecule is CC(C)NS(=O)(=O)c1ccccc1N1CC(CN)C1. The van der Waals surface area contributed by atoms with Crippen LogP contribution in [0.15, 0.2) is 29.2 Å². The number of rotatable bonds is 5. The van der Waals surface area contributed by atoms with Crippen molar-refractivity contribution in [2.75, 3.05) is 24.5 Å². The Kier molecular flexibility index (Phi) is 4.13. The number of hydrogen-bond acceptors (Lipinski definition) is 4. The molecule has 0 amide bonds. The molecule has 1 heterocycles. The zero-order valence-corrected chi connectivity index (χ0v) is 12.2. The molecule has 0 saturated carbocycles. The lowest BCUT2D eigenvalue weighted by Gasteiger charge is -2.41. The maximum absolute atomic E-state index is 12.3. The maximum Gasteiger partial charge on any atom is 0.242 e. The summed E-state index contributed by atoms with van der Waals surface area (Å²) < 4.78 is 27.2. The number of hydrogen-bond donors (Lipinski definition) is 2. The smallest absolute Gasteiger partial charge is 0.242 e. The van der Waals surface area contributed by atoms with E-state index in [4.69, 9.17) is 5.73 Å². The first kappa shape index (κ1) is 14.3. The number of benzene rings is 1. The average molecular weight is 283 g/mol. The van der Waals surface area contributed by atoms with E-state index in [2.05, 4.69) is 9.62 Å². The van der Waals surface area contributed by atoms with Gasteiger partial charge in [0.05, 0.1) is 5.69 Å². The van der Waals surface area contributed by atoms with Gasteiger partial charge in [0.25, 0.3) is 0 Å². The second-order valence-electron chi connectivity index (χ2n) is 5.25. The van der Waals surface area contributed by atoms with Gasteiger partial charge in [-0.2, -0.15) is 0 Å². The molecule has 1 aliphatic heterocycles. The largest absolute Gasteiger partial charge is 0.370 e. The first-order valence-corrected chi connectivity index (χ1v) is 7.98. The number of sulfonamides is 1. The molecule has 0 atom stereocenters. The van der Waals surface area contributed by atoms with Crippen molar-refractivity contribution < 1.29 is 8.42 Å². The Bertz CT molecular complexity index is 537. The molecule has 0 aliphatic carbocycles. The summed E-state index contributed by atoms with van der Waals surface area (Å²) in [6.45, 7) is 5.92. The second kappa shape index (κ2) is 5.48. The molecule has 0 bridgehead atoms. The van der Waals surface area contributed by atoms with Gasteiger partial charge in [-0.3, -0.25) is 0 Å². The van der Waals surface area contributed by atoms with Crippen LogP contribution < -0.4 is 15.4 Å². The fourth-order valence-corrected chi connectivity index (χ4v) is 3.71. The predicted molar refractivity (Wildman–Crippen MR) is 76.7 cm³/mol. The van der Waals surface area contributed by atoms with Crippen LogP contribution in [0, 0.1) is 5.92 Å². The van der Waals surface area contributed by atoms with Crippen LogP contribution in [-0.4, -0.2) is 34.1 Å². The Morgan fingerprint density at radius 3 is 2.58 bits per heavy atom. The molecule has 1 aromatic carbocycles. The van der Waals surface area contributed by atoms with Gasteiger partial charge in [0.1, 0.15) is 4.90 Å². The average Bonchev–Trinajstić information content (AvgIpc) is 2.26. The third-order valence-electron chi connectivity index (χ3n) is 3.18. The van der Waals surface area contributed by atoms with E-state index in [-0.39, 0.29) is 6.04 Å². The summed E-state index contributed by atoms with van der Waals surface area (Å²) in [4.78, 5) is 2.41. The summed E-state index contributed by atoms with van der Waals surface area (Å²) >= 11 is 0. The minimum atomic E-state index is -3.46. The molecule has 19 heavy (non-hydrogen) atoms. The highest BCUT2D eigenvalue weighted by Crippen LogP contribution is 2.30. The van der Waals surface area contributed by atoms with Crippen LogP contribution in [0.3, 0.4) is 0 Å². The van der Waals surface area contributed by atoms with Crippen molar-refractivity contribution in [3.63, 3.8) is 0 Å². The maximum atomic E-state index is 12.3. The van der Waals surface area contributed by atoms with Gasteiger partial charge in [-0.25, -0.2) is 13.1 Å². The molecule has 1 fully saturated rings. The highest BCUT2D eigenvalue weighted by molar-refractivity contribution is 7.89. The Labute approximate surface area is 114 Å².